The molecule has 20 heavy (non-hydrogen) atoms. The molecule has 1 aliphatic rings. The Morgan fingerprint density at radius 3 is 2.50 bits per heavy atom. The molecular weight excluding hydrogens is 262 g/mol. The van der Waals surface area contributed by atoms with Gasteiger partial charge in [0.15, 0.2) is 0 Å². The van der Waals surface area contributed by atoms with Crippen LogP contribution < -0.4 is 16.0 Å². The number of nitrogens with one attached hydrogen (secondary N) is 3. The molecule has 7 heteroatoms. The highest BCUT2D eigenvalue weighted by molar-refractivity contribution is 5.78. The van der Waals surface area contributed by atoms with Gasteiger partial charge < -0.3 is 21.1 Å². The maximum absolute atomic E-state index is 11.6. The van der Waals surface area contributed by atoms with Crippen LogP contribution in [0.5, 0.6) is 0 Å². The van der Waals surface area contributed by atoms with E-state index >= 15 is 0 Å². The van der Waals surface area contributed by atoms with Crippen LogP contribution in [0.3, 0.4) is 0 Å². The van der Waals surface area contributed by atoms with Crippen molar-refractivity contribution in [3.63, 3.8) is 0 Å². The second-order valence-corrected chi connectivity index (χ2v) is 5.05. The topological polar surface area (TPSA) is 108 Å². The average molecular weight is 285 g/mol. The fourth-order valence-corrected chi connectivity index (χ4v) is 2.22. The lowest BCUT2D eigenvalue weighted by atomic mass is 10.1. The van der Waals surface area contributed by atoms with Gasteiger partial charge in [-0.25, -0.2) is 4.79 Å². The first-order valence-corrected chi connectivity index (χ1v) is 7.06. The lowest BCUT2D eigenvalue weighted by molar-refractivity contribution is -0.141. The van der Waals surface area contributed by atoms with Gasteiger partial charge in [-0.05, 0) is 25.7 Å². The molecule has 0 heterocycles. The predicted molar refractivity (Wildman–Crippen MR) is 73.2 cm³/mol. The van der Waals surface area contributed by atoms with E-state index in [0.717, 1.165) is 6.42 Å². The summed E-state index contributed by atoms with van der Waals surface area (Å²) in [7, 11) is 0. The second kappa shape index (κ2) is 8.39. The molecule has 0 aromatic carbocycles. The van der Waals surface area contributed by atoms with Crippen molar-refractivity contribution in [2.75, 3.05) is 13.1 Å². The van der Waals surface area contributed by atoms with Crippen LogP contribution in [-0.4, -0.2) is 42.1 Å². The molecule has 1 aliphatic carbocycles. The van der Waals surface area contributed by atoms with Crippen LogP contribution in [0, 0.1) is 5.92 Å². The summed E-state index contributed by atoms with van der Waals surface area (Å²) >= 11 is 0. The standard InChI is InChI=1S/C13H23N3O4/c1-2-6-14-11(17)5-7-15-13(20)16-10-4-3-9(8-10)12(18)19/h9-10H,2-8H2,1H3,(H,14,17)(H,18,19)(H2,15,16,20)/t9-,10+/m1/s1. The monoisotopic (exact) mass is 285 g/mol. The Labute approximate surface area is 118 Å². The van der Waals surface area contributed by atoms with Crippen molar-refractivity contribution in [1.29, 1.82) is 0 Å². The maximum atomic E-state index is 11.6. The van der Waals surface area contributed by atoms with Gasteiger partial charge in [-0.3, -0.25) is 9.59 Å². The number of carboxylic acid groups (broad SMARTS) is 1. The minimum Gasteiger partial charge on any atom is -0.481 e. The highest BCUT2D eigenvalue weighted by Gasteiger charge is 2.30. The van der Waals surface area contributed by atoms with Crippen LogP contribution in [0.25, 0.3) is 0 Å². The van der Waals surface area contributed by atoms with Crippen molar-refractivity contribution >= 4 is 17.9 Å². The molecule has 0 aliphatic heterocycles. The number of aliphatic carboxylic acids is 1. The molecule has 0 aromatic rings. The second-order valence-electron chi connectivity index (χ2n) is 5.05. The van der Waals surface area contributed by atoms with Gasteiger partial charge in [-0.1, -0.05) is 6.92 Å². The van der Waals surface area contributed by atoms with Crippen molar-refractivity contribution in [3.8, 4) is 0 Å². The Morgan fingerprint density at radius 2 is 1.90 bits per heavy atom. The lowest BCUT2D eigenvalue weighted by Gasteiger charge is -2.13. The summed E-state index contributed by atoms with van der Waals surface area (Å²) in [6.07, 6.45) is 2.88. The summed E-state index contributed by atoms with van der Waals surface area (Å²) in [5, 5.41) is 16.9. The van der Waals surface area contributed by atoms with Gasteiger partial charge in [-0.15, -0.1) is 0 Å². The van der Waals surface area contributed by atoms with Crippen LogP contribution >= 0.6 is 0 Å². The van der Waals surface area contributed by atoms with E-state index in [1.807, 2.05) is 6.92 Å². The van der Waals surface area contributed by atoms with Crippen LogP contribution in [0.15, 0.2) is 0 Å². The van der Waals surface area contributed by atoms with E-state index in [0.29, 0.717) is 25.8 Å². The summed E-state index contributed by atoms with van der Waals surface area (Å²) < 4.78 is 0. The first-order valence-electron chi connectivity index (χ1n) is 7.06. The molecule has 0 unspecified atom stereocenters. The van der Waals surface area contributed by atoms with Gasteiger partial charge in [0.2, 0.25) is 5.91 Å². The summed E-state index contributed by atoms with van der Waals surface area (Å²) in [5.74, 6) is -1.25. The lowest BCUT2D eigenvalue weighted by Crippen LogP contribution is -2.42. The highest BCUT2D eigenvalue weighted by atomic mass is 16.4. The highest BCUT2D eigenvalue weighted by Crippen LogP contribution is 2.25. The largest absolute Gasteiger partial charge is 0.481 e. The molecule has 0 spiro atoms. The molecule has 0 radical (unpaired) electrons. The van der Waals surface area contributed by atoms with Gasteiger partial charge in [0.05, 0.1) is 5.92 Å². The zero-order valence-corrected chi connectivity index (χ0v) is 11.8. The van der Waals surface area contributed by atoms with Gasteiger partial charge in [-0.2, -0.15) is 0 Å². The van der Waals surface area contributed by atoms with E-state index < -0.39 is 5.97 Å². The molecule has 1 saturated carbocycles. The summed E-state index contributed by atoms with van der Waals surface area (Å²) in [4.78, 5) is 33.7. The van der Waals surface area contributed by atoms with Gasteiger partial charge in [0.1, 0.15) is 0 Å². The normalized spacial score (nSPS) is 21.2. The van der Waals surface area contributed by atoms with Crippen LogP contribution in [-0.2, 0) is 9.59 Å². The zero-order chi connectivity index (χ0) is 15.0. The Bertz CT molecular complexity index is 360. The molecule has 2 atom stereocenters. The van der Waals surface area contributed by atoms with E-state index in [9.17, 15) is 14.4 Å². The SMILES string of the molecule is CCCNC(=O)CCNC(=O)N[C@H]1CC[C@@H](C(=O)O)C1. The molecule has 7 nitrogen and oxygen atoms in total. The number of hydrogen-bond acceptors (Lipinski definition) is 3. The number of carbonyl (C=O) groups is 3. The molecule has 1 rings (SSSR count). The zero-order valence-electron chi connectivity index (χ0n) is 11.8. The number of rotatable bonds is 7. The fourth-order valence-electron chi connectivity index (χ4n) is 2.22. The number of carbonyl (C=O) groups excluding carboxylic acids is 2. The smallest absolute Gasteiger partial charge is 0.315 e. The van der Waals surface area contributed by atoms with Crippen LogP contribution in [0.1, 0.15) is 39.0 Å². The molecular formula is C13H23N3O4. The Morgan fingerprint density at radius 1 is 1.15 bits per heavy atom. The molecule has 0 saturated heterocycles. The quantitative estimate of drug-likeness (QED) is 0.545. The van der Waals surface area contributed by atoms with E-state index in [1.54, 1.807) is 0 Å². The van der Waals surface area contributed by atoms with E-state index in [-0.39, 0.29) is 36.9 Å². The molecule has 4 N–H and O–H groups in total. The van der Waals surface area contributed by atoms with Crippen LogP contribution in [0.4, 0.5) is 4.79 Å². The number of amides is 3. The Hall–Kier alpha value is -1.79. The van der Waals surface area contributed by atoms with Crippen molar-refractivity contribution in [1.82, 2.24) is 16.0 Å². The third-order valence-electron chi connectivity index (χ3n) is 3.33. The summed E-state index contributed by atoms with van der Waals surface area (Å²) in [6, 6.07) is -0.436. The van der Waals surface area contributed by atoms with Crippen molar-refractivity contribution in [2.45, 2.75) is 45.1 Å². The van der Waals surface area contributed by atoms with Gasteiger partial charge in [0.25, 0.3) is 0 Å². The summed E-state index contributed by atoms with van der Waals surface area (Å²) in [6.45, 7) is 2.89. The Kier molecular flexibility index (Phi) is 6.83. The van der Waals surface area contributed by atoms with Crippen molar-refractivity contribution in [2.24, 2.45) is 5.92 Å². The maximum Gasteiger partial charge on any atom is 0.315 e. The Balaban J connectivity index is 2.12. The van der Waals surface area contributed by atoms with Crippen molar-refractivity contribution < 1.29 is 19.5 Å². The van der Waals surface area contributed by atoms with E-state index in [2.05, 4.69) is 16.0 Å². The third kappa shape index (κ3) is 5.90. The average Bonchev–Trinajstić information content (AvgIpc) is 2.85. The molecule has 114 valence electrons. The van der Waals surface area contributed by atoms with Gasteiger partial charge >= 0.3 is 12.0 Å². The fraction of sp³-hybridized carbons (Fsp3) is 0.769. The summed E-state index contributed by atoms with van der Waals surface area (Å²) in [5.41, 5.74) is 0. The first-order chi connectivity index (χ1) is 9.52. The number of urea groups is 1. The third-order valence-corrected chi connectivity index (χ3v) is 3.33. The molecule has 0 aromatic heterocycles. The van der Waals surface area contributed by atoms with E-state index in [4.69, 9.17) is 5.11 Å². The van der Waals surface area contributed by atoms with E-state index in [1.165, 1.54) is 0 Å². The first kappa shape index (κ1) is 16.3. The van der Waals surface area contributed by atoms with Gasteiger partial charge in [0, 0.05) is 25.6 Å². The molecule has 0 bridgehead atoms. The molecule has 3 amide bonds. The molecule has 1 fully saturated rings. The van der Waals surface area contributed by atoms with Crippen molar-refractivity contribution in [3.05, 3.63) is 0 Å². The number of hydrogen-bond donors (Lipinski definition) is 4. The minimum absolute atomic E-state index is 0.0843. The van der Waals surface area contributed by atoms with Crippen LogP contribution in [0.2, 0.25) is 0 Å². The minimum atomic E-state index is -0.803. The number of carboxylic acids is 1. The predicted octanol–water partition coefficient (Wildman–Crippen LogP) is 0.455.